The number of hydrogen-bond acceptors (Lipinski definition) is 5. The highest BCUT2D eigenvalue weighted by atomic mass is 32.2. The average Bonchev–Trinajstić information content (AvgIpc) is 2.83. The summed E-state index contributed by atoms with van der Waals surface area (Å²) in [6, 6.07) is 4.64. The Labute approximate surface area is 116 Å². The Balaban J connectivity index is 2.56. The molecule has 0 unspecified atom stereocenters. The van der Waals surface area contributed by atoms with E-state index < -0.39 is 10.0 Å². The molecule has 6 nitrogen and oxygen atoms in total. The number of rotatable bonds is 6. The number of nitrogens with zero attached hydrogens (tertiary/aromatic N) is 1. The van der Waals surface area contributed by atoms with Crippen molar-refractivity contribution in [1.29, 1.82) is 5.26 Å². The van der Waals surface area contributed by atoms with Crippen LogP contribution in [0.2, 0.25) is 0 Å². The topological polar surface area (TPSA) is 99.1 Å². The summed E-state index contributed by atoms with van der Waals surface area (Å²) >= 11 is 0.866. The number of nitriles is 1. The summed E-state index contributed by atoms with van der Waals surface area (Å²) < 4.78 is 25.9. The highest BCUT2D eigenvalue weighted by Gasteiger charge is 2.17. The van der Waals surface area contributed by atoms with Crippen LogP contribution < -0.4 is 10.0 Å². The third kappa shape index (κ3) is 4.98. The minimum absolute atomic E-state index is 0.0284. The zero-order valence-electron chi connectivity index (χ0n) is 10.6. The molecule has 0 bridgehead atoms. The van der Waals surface area contributed by atoms with Crippen LogP contribution in [-0.4, -0.2) is 27.4 Å². The van der Waals surface area contributed by atoms with E-state index in [4.69, 9.17) is 5.26 Å². The molecule has 19 heavy (non-hydrogen) atoms. The van der Waals surface area contributed by atoms with Gasteiger partial charge >= 0.3 is 0 Å². The Morgan fingerprint density at radius 1 is 1.47 bits per heavy atom. The largest absolute Gasteiger partial charge is 0.355 e. The lowest BCUT2D eigenvalue weighted by Crippen LogP contribution is -2.38. The van der Waals surface area contributed by atoms with Crippen LogP contribution in [0.15, 0.2) is 16.3 Å². The van der Waals surface area contributed by atoms with Crippen LogP contribution in [0.25, 0.3) is 0 Å². The molecule has 1 aromatic rings. The van der Waals surface area contributed by atoms with Crippen LogP contribution in [0.1, 0.15) is 18.7 Å². The Morgan fingerprint density at radius 2 is 2.16 bits per heavy atom. The molecular weight excluding hydrogens is 286 g/mol. The van der Waals surface area contributed by atoms with Crippen molar-refractivity contribution in [2.24, 2.45) is 5.92 Å². The van der Waals surface area contributed by atoms with E-state index in [9.17, 15) is 13.2 Å². The molecule has 1 rings (SSSR count). The van der Waals surface area contributed by atoms with E-state index in [2.05, 4.69) is 10.0 Å². The van der Waals surface area contributed by atoms with E-state index in [0.717, 1.165) is 11.3 Å². The van der Waals surface area contributed by atoms with Crippen molar-refractivity contribution < 1.29 is 13.2 Å². The number of thiophene rings is 1. The van der Waals surface area contributed by atoms with Gasteiger partial charge in [-0.25, -0.2) is 13.1 Å². The molecule has 2 N–H and O–H groups in total. The average molecular weight is 301 g/mol. The van der Waals surface area contributed by atoms with E-state index in [0.29, 0.717) is 17.3 Å². The minimum Gasteiger partial charge on any atom is -0.355 e. The molecule has 0 saturated carbocycles. The van der Waals surface area contributed by atoms with Crippen LogP contribution in [0, 0.1) is 17.2 Å². The standard InChI is InChI=1S/C11H15N3O3S2/c1-8(2)6-13-10(15)7-14-19(16,17)11-4-3-9(5-12)18-11/h3-4,8,14H,6-7H2,1-2H3,(H,13,15). The first-order valence-electron chi connectivity index (χ1n) is 5.61. The zero-order valence-corrected chi connectivity index (χ0v) is 12.3. The Morgan fingerprint density at radius 3 is 2.68 bits per heavy atom. The van der Waals surface area contributed by atoms with Gasteiger partial charge in [0.05, 0.1) is 6.54 Å². The van der Waals surface area contributed by atoms with Crippen molar-refractivity contribution in [2.75, 3.05) is 13.1 Å². The lowest BCUT2D eigenvalue weighted by molar-refractivity contribution is -0.120. The van der Waals surface area contributed by atoms with Crippen molar-refractivity contribution in [1.82, 2.24) is 10.0 Å². The molecule has 0 aliphatic rings. The fourth-order valence-electron chi connectivity index (χ4n) is 1.14. The Bertz CT molecular complexity index is 585. The van der Waals surface area contributed by atoms with E-state index in [1.54, 1.807) is 0 Å². The zero-order chi connectivity index (χ0) is 14.5. The van der Waals surface area contributed by atoms with Gasteiger partial charge in [0.15, 0.2) is 0 Å². The van der Waals surface area contributed by atoms with Crippen LogP contribution in [0.5, 0.6) is 0 Å². The highest BCUT2D eigenvalue weighted by molar-refractivity contribution is 7.91. The molecule has 1 amide bonds. The molecular formula is C11H15N3O3S2. The maximum absolute atomic E-state index is 11.8. The molecule has 0 spiro atoms. The fraction of sp³-hybridized carbons (Fsp3) is 0.455. The minimum atomic E-state index is -3.73. The quantitative estimate of drug-likeness (QED) is 0.806. The number of carbonyl (C=O) groups is 1. The fourth-order valence-corrected chi connectivity index (χ4v) is 3.27. The molecule has 1 heterocycles. The predicted molar refractivity (Wildman–Crippen MR) is 72.1 cm³/mol. The van der Waals surface area contributed by atoms with E-state index in [1.165, 1.54) is 12.1 Å². The van der Waals surface area contributed by atoms with Crippen molar-refractivity contribution in [3.8, 4) is 6.07 Å². The second-order valence-electron chi connectivity index (χ2n) is 4.25. The molecule has 0 radical (unpaired) electrons. The van der Waals surface area contributed by atoms with Gasteiger partial charge in [-0.1, -0.05) is 13.8 Å². The Hall–Kier alpha value is -1.43. The van der Waals surface area contributed by atoms with Crippen LogP contribution in [0.3, 0.4) is 0 Å². The van der Waals surface area contributed by atoms with Gasteiger partial charge in [-0.15, -0.1) is 11.3 Å². The summed E-state index contributed by atoms with van der Waals surface area (Å²) in [6.07, 6.45) is 0. The van der Waals surface area contributed by atoms with Crippen molar-refractivity contribution >= 4 is 27.3 Å². The summed E-state index contributed by atoms with van der Waals surface area (Å²) in [5.41, 5.74) is 0. The number of hydrogen-bond donors (Lipinski definition) is 2. The van der Waals surface area contributed by atoms with Crippen molar-refractivity contribution in [2.45, 2.75) is 18.1 Å². The highest BCUT2D eigenvalue weighted by Crippen LogP contribution is 2.20. The molecule has 0 aliphatic carbocycles. The van der Waals surface area contributed by atoms with Crippen LogP contribution in [-0.2, 0) is 14.8 Å². The van der Waals surface area contributed by atoms with Crippen LogP contribution >= 0.6 is 11.3 Å². The molecule has 1 aromatic heterocycles. The Kier molecular flexibility index (Phi) is 5.47. The van der Waals surface area contributed by atoms with Crippen LogP contribution in [0.4, 0.5) is 0 Å². The molecule has 104 valence electrons. The molecule has 0 aliphatic heterocycles. The lowest BCUT2D eigenvalue weighted by Gasteiger charge is -2.08. The maximum Gasteiger partial charge on any atom is 0.250 e. The monoisotopic (exact) mass is 301 g/mol. The molecule has 8 heteroatoms. The van der Waals surface area contributed by atoms with Gasteiger partial charge in [-0.05, 0) is 18.1 Å². The predicted octanol–water partition coefficient (Wildman–Crippen LogP) is 0.670. The molecule has 0 atom stereocenters. The van der Waals surface area contributed by atoms with Crippen molar-refractivity contribution in [3.05, 3.63) is 17.0 Å². The van der Waals surface area contributed by atoms with Gasteiger partial charge in [0.2, 0.25) is 5.91 Å². The van der Waals surface area contributed by atoms with Gasteiger partial charge in [-0.3, -0.25) is 4.79 Å². The van der Waals surface area contributed by atoms with Gasteiger partial charge in [-0.2, -0.15) is 5.26 Å². The summed E-state index contributed by atoms with van der Waals surface area (Å²) in [6.45, 7) is 4.08. The van der Waals surface area contributed by atoms with E-state index in [1.807, 2.05) is 19.9 Å². The molecule has 0 fully saturated rings. The number of amides is 1. The first kappa shape index (κ1) is 15.6. The number of sulfonamides is 1. The van der Waals surface area contributed by atoms with Gasteiger partial charge in [0.1, 0.15) is 15.2 Å². The summed E-state index contributed by atoms with van der Waals surface area (Å²) in [5, 5.41) is 11.2. The van der Waals surface area contributed by atoms with E-state index >= 15 is 0 Å². The summed E-state index contributed by atoms with van der Waals surface area (Å²) in [4.78, 5) is 11.7. The second-order valence-corrected chi connectivity index (χ2v) is 7.33. The molecule has 0 aromatic carbocycles. The normalized spacial score (nSPS) is 11.3. The summed E-state index contributed by atoms with van der Waals surface area (Å²) in [5.74, 6) is -0.0784. The van der Waals surface area contributed by atoms with Gasteiger partial charge in [0, 0.05) is 6.54 Å². The number of carbonyl (C=O) groups excluding carboxylic acids is 1. The smallest absolute Gasteiger partial charge is 0.250 e. The number of nitrogens with one attached hydrogen (secondary N) is 2. The third-order valence-corrected chi connectivity index (χ3v) is 4.97. The lowest BCUT2D eigenvalue weighted by atomic mass is 10.2. The van der Waals surface area contributed by atoms with Crippen molar-refractivity contribution in [3.63, 3.8) is 0 Å². The summed E-state index contributed by atoms with van der Waals surface area (Å²) in [7, 11) is -3.73. The second kappa shape index (κ2) is 6.65. The van der Waals surface area contributed by atoms with Gasteiger partial charge in [0.25, 0.3) is 10.0 Å². The maximum atomic E-state index is 11.8. The first-order chi connectivity index (χ1) is 8.85. The first-order valence-corrected chi connectivity index (χ1v) is 7.91. The third-order valence-electron chi connectivity index (χ3n) is 2.09. The molecule has 0 saturated heterocycles. The SMILES string of the molecule is CC(C)CNC(=O)CNS(=O)(=O)c1ccc(C#N)s1. The van der Waals surface area contributed by atoms with Gasteiger partial charge < -0.3 is 5.32 Å². The van der Waals surface area contributed by atoms with E-state index in [-0.39, 0.29) is 16.7 Å².